The van der Waals surface area contributed by atoms with E-state index in [0.29, 0.717) is 34.4 Å². The van der Waals surface area contributed by atoms with Crippen molar-refractivity contribution in [2.75, 3.05) is 18.4 Å². The quantitative estimate of drug-likeness (QED) is 0.533. The van der Waals surface area contributed by atoms with Gasteiger partial charge in [-0.05, 0) is 47.6 Å². The summed E-state index contributed by atoms with van der Waals surface area (Å²) in [5.41, 5.74) is 1.96. The summed E-state index contributed by atoms with van der Waals surface area (Å²) in [5, 5.41) is 5.58. The normalized spacial score (nSPS) is 15.9. The number of carbonyl (C=O) groups is 2. The zero-order valence-corrected chi connectivity index (χ0v) is 19.6. The number of anilines is 1. The fraction of sp³-hybridized carbons (Fsp3) is 0.417. The van der Waals surface area contributed by atoms with Crippen LogP contribution in [0.25, 0.3) is 0 Å². The van der Waals surface area contributed by atoms with E-state index < -0.39 is 0 Å². The maximum atomic E-state index is 13.5. The average Bonchev–Trinajstić information content (AvgIpc) is 3.34. The largest absolute Gasteiger partial charge is 0.331 e. The second kappa shape index (κ2) is 9.31. The molecule has 3 rings (SSSR count). The summed E-state index contributed by atoms with van der Waals surface area (Å²) >= 11 is 2.96. The van der Waals surface area contributed by atoms with Gasteiger partial charge in [-0.2, -0.15) is 0 Å². The second-order valence-electron chi connectivity index (χ2n) is 8.73. The third-order valence-electron chi connectivity index (χ3n) is 5.66. The van der Waals surface area contributed by atoms with Crippen molar-refractivity contribution in [3.63, 3.8) is 0 Å². The molecule has 2 aromatic heterocycles. The Kier molecular flexibility index (Phi) is 6.98. The molecule has 6 heteroatoms. The first-order chi connectivity index (χ1) is 14.3. The number of rotatable bonds is 7. The molecule has 1 aliphatic rings. The van der Waals surface area contributed by atoms with E-state index in [1.54, 1.807) is 34.5 Å². The number of nitrogens with one attached hydrogen (secondary N) is 1. The van der Waals surface area contributed by atoms with Crippen LogP contribution in [-0.4, -0.2) is 29.8 Å². The number of fused-ring (bicyclic) bond motifs is 1. The standard InChI is InChI=1S/C24H30N2O2S2/c1-6-12-26(13-7-2)23(28)20-17-11-10-16(24(3,4)5)15-19(17)30-22(20)25-21(27)18-9-8-14-29-18/h6-9,14,16H,1-2,10-13,15H2,3-5H3,(H,25,27). The Bertz CT molecular complexity index is 925. The lowest BCUT2D eigenvalue weighted by Crippen LogP contribution is -2.33. The Hall–Kier alpha value is -2.18. The predicted molar refractivity (Wildman–Crippen MR) is 128 cm³/mol. The Morgan fingerprint density at radius 3 is 2.53 bits per heavy atom. The van der Waals surface area contributed by atoms with E-state index in [9.17, 15) is 9.59 Å². The summed E-state index contributed by atoms with van der Waals surface area (Å²) in [6.45, 7) is 15.3. The molecule has 0 aliphatic heterocycles. The summed E-state index contributed by atoms with van der Waals surface area (Å²) in [6, 6.07) is 3.65. The molecule has 4 nitrogen and oxygen atoms in total. The van der Waals surface area contributed by atoms with Crippen LogP contribution in [0.3, 0.4) is 0 Å². The van der Waals surface area contributed by atoms with Gasteiger partial charge in [0.05, 0.1) is 10.4 Å². The Morgan fingerprint density at radius 2 is 1.97 bits per heavy atom. The topological polar surface area (TPSA) is 49.4 Å². The number of nitrogens with zero attached hydrogens (tertiary/aromatic N) is 1. The molecule has 30 heavy (non-hydrogen) atoms. The molecule has 1 aliphatic carbocycles. The molecule has 1 atom stereocenters. The molecule has 0 bridgehead atoms. The Morgan fingerprint density at radius 1 is 1.27 bits per heavy atom. The Balaban J connectivity index is 2.01. The van der Waals surface area contributed by atoms with Gasteiger partial charge in [-0.1, -0.05) is 39.0 Å². The molecule has 2 amide bonds. The van der Waals surface area contributed by atoms with Crippen molar-refractivity contribution in [1.29, 1.82) is 0 Å². The van der Waals surface area contributed by atoms with Gasteiger partial charge in [0.1, 0.15) is 5.00 Å². The molecule has 0 spiro atoms. The van der Waals surface area contributed by atoms with Gasteiger partial charge in [0.15, 0.2) is 0 Å². The van der Waals surface area contributed by atoms with Gasteiger partial charge in [-0.15, -0.1) is 35.8 Å². The minimum atomic E-state index is -0.163. The number of carbonyl (C=O) groups excluding carboxylic acids is 2. The number of amides is 2. The SMILES string of the molecule is C=CCN(CC=C)C(=O)c1c(NC(=O)c2cccs2)sc2c1CCC(C(C)(C)C)C2. The van der Waals surface area contributed by atoms with Crippen LogP contribution in [0.1, 0.15) is 57.7 Å². The predicted octanol–water partition coefficient (Wildman–Crippen LogP) is 6.03. The highest BCUT2D eigenvalue weighted by molar-refractivity contribution is 7.17. The van der Waals surface area contributed by atoms with Crippen LogP contribution in [0, 0.1) is 11.3 Å². The number of thiophene rings is 2. The van der Waals surface area contributed by atoms with Crippen LogP contribution < -0.4 is 5.32 Å². The van der Waals surface area contributed by atoms with E-state index in [0.717, 1.165) is 24.8 Å². The Labute approximate surface area is 187 Å². The fourth-order valence-corrected chi connectivity index (χ4v) is 5.86. The maximum Gasteiger partial charge on any atom is 0.266 e. The molecular weight excluding hydrogens is 412 g/mol. The lowest BCUT2D eigenvalue weighted by Gasteiger charge is -2.34. The molecule has 2 heterocycles. The van der Waals surface area contributed by atoms with Crippen LogP contribution >= 0.6 is 22.7 Å². The first-order valence-electron chi connectivity index (χ1n) is 10.3. The van der Waals surface area contributed by atoms with Gasteiger partial charge < -0.3 is 10.2 Å². The first-order valence-corrected chi connectivity index (χ1v) is 12.0. The highest BCUT2D eigenvalue weighted by Crippen LogP contribution is 2.44. The fourth-order valence-electron chi connectivity index (χ4n) is 3.92. The average molecular weight is 443 g/mol. The van der Waals surface area contributed by atoms with E-state index in [1.807, 2.05) is 11.4 Å². The first kappa shape index (κ1) is 22.5. The summed E-state index contributed by atoms with van der Waals surface area (Å²) in [4.78, 5) is 29.9. The molecule has 1 N–H and O–H groups in total. The van der Waals surface area contributed by atoms with Gasteiger partial charge >= 0.3 is 0 Å². The molecule has 0 saturated heterocycles. The van der Waals surface area contributed by atoms with Crippen LogP contribution in [0.4, 0.5) is 5.00 Å². The zero-order chi connectivity index (χ0) is 21.9. The maximum absolute atomic E-state index is 13.5. The van der Waals surface area contributed by atoms with Crippen molar-refractivity contribution in [1.82, 2.24) is 4.90 Å². The summed E-state index contributed by atoms with van der Waals surface area (Å²) < 4.78 is 0. The minimum Gasteiger partial charge on any atom is -0.331 e. The molecule has 2 aromatic rings. The summed E-state index contributed by atoms with van der Waals surface area (Å²) in [6.07, 6.45) is 6.30. The second-order valence-corrected chi connectivity index (χ2v) is 10.8. The number of hydrogen-bond donors (Lipinski definition) is 1. The molecule has 1 unspecified atom stereocenters. The van der Waals surface area contributed by atoms with E-state index >= 15 is 0 Å². The third kappa shape index (κ3) is 4.76. The molecule has 0 fully saturated rings. The van der Waals surface area contributed by atoms with Crippen LogP contribution in [0.15, 0.2) is 42.8 Å². The summed E-state index contributed by atoms with van der Waals surface area (Å²) in [5.74, 6) is 0.330. The lowest BCUT2D eigenvalue weighted by atomic mass is 9.72. The molecule has 0 saturated carbocycles. The van der Waals surface area contributed by atoms with Crippen molar-refractivity contribution in [2.24, 2.45) is 11.3 Å². The van der Waals surface area contributed by atoms with Gasteiger partial charge in [-0.3, -0.25) is 9.59 Å². The lowest BCUT2D eigenvalue weighted by molar-refractivity contribution is 0.0790. The van der Waals surface area contributed by atoms with Crippen molar-refractivity contribution >= 4 is 39.5 Å². The van der Waals surface area contributed by atoms with Gasteiger partial charge in [0.2, 0.25) is 0 Å². The van der Waals surface area contributed by atoms with E-state index in [4.69, 9.17) is 0 Å². The molecular formula is C24H30N2O2S2. The summed E-state index contributed by atoms with van der Waals surface area (Å²) in [7, 11) is 0. The van der Waals surface area contributed by atoms with Crippen molar-refractivity contribution in [2.45, 2.75) is 40.0 Å². The zero-order valence-electron chi connectivity index (χ0n) is 18.0. The molecule has 0 aromatic carbocycles. The van der Waals surface area contributed by atoms with Crippen molar-refractivity contribution < 1.29 is 9.59 Å². The minimum absolute atomic E-state index is 0.0667. The smallest absolute Gasteiger partial charge is 0.266 e. The van der Waals surface area contributed by atoms with Crippen LogP contribution in [-0.2, 0) is 12.8 Å². The highest BCUT2D eigenvalue weighted by Gasteiger charge is 2.35. The van der Waals surface area contributed by atoms with E-state index in [-0.39, 0.29) is 17.2 Å². The van der Waals surface area contributed by atoms with Gasteiger partial charge in [-0.25, -0.2) is 0 Å². The monoisotopic (exact) mass is 442 g/mol. The third-order valence-corrected chi connectivity index (χ3v) is 7.70. The van der Waals surface area contributed by atoms with Crippen molar-refractivity contribution in [3.8, 4) is 0 Å². The van der Waals surface area contributed by atoms with Gasteiger partial charge in [0.25, 0.3) is 11.8 Å². The molecule has 0 radical (unpaired) electrons. The number of hydrogen-bond acceptors (Lipinski definition) is 4. The van der Waals surface area contributed by atoms with Crippen LogP contribution in [0.2, 0.25) is 0 Å². The van der Waals surface area contributed by atoms with E-state index in [1.165, 1.54) is 16.2 Å². The van der Waals surface area contributed by atoms with Gasteiger partial charge in [0, 0.05) is 18.0 Å². The van der Waals surface area contributed by atoms with Crippen LogP contribution in [0.5, 0.6) is 0 Å². The highest BCUT2D eigenvalue weighted by atomic mass is 32.1. The van der Waals surface area contributed by atoms with Crippen molar-refractivity contribution in [3.05, 3.63) is 63.7 Å². The van der Waals surface area contributed by atoms with E-state index in [2.05, 4.69) is 39.2 Å². The molecule has 160 valence electrons.